The third-order valence-electron chi connectivity index (χ3n) is 3.37. The number of hydrogen-bond donors (Lipinski definition) is 3. The maximum Gasteiger partial charge on any atom is 0.318 e. The molecule has 1 fully saturated rings. The van der Waals surface area contributed by atoms with Crippen molar-refractivity contribution in [2.45, 2.75) is 44.6 Å². The number of nitrogens with two attached hydrogens (primary N) is 1. The van der Waals surface area contributed by atoms with Crippen LogP contribution in [0.2, 0.25) is 0 Å². The average molecular weight is 257 g/mol. The van der Waals surface area contributed by atoms with Gasteiger partial charge in [-0.1, -0.05) is 19.3 Å². The number of aliphatic hydroxyl groups excluding tert-OH is 1. The molecule has 4 N–H and O–H groups in total. The molecule has 0 aromatic heterocycles. The van der Waals surface area contributed by atoms with Gasteiger partial charge in [0.15, 0.2) is 0 Å². The quantitative estimate of drug-likeness (QED) is 0.633. The standard InChI is InChI=1S/C12H23N3O3/c13-12(18)14-11(17)6-7-15(8-9-16)10-4-2-1-3-5-10/h10,16H,1-9H2,(H3,13,14,17,18). The molecule has 1 saturated carbocycles. The summed E-state index contributed by atoms with van der Waals surface area (Å²) < 4.78 is 0. The fraction of sp³-hybridized carbons (Fsp3) is 0.833. The molecule has 0 bridgehead atoms. The number of rotatable bonds is 6. The molecule has 0 saturated heterocycles. The normalized spacial score (nSPS) is 16.8. The molecule has 0 atom stereocenters. The van der Waals surface area contributed by atoms with Crippen LogP contribution in [-0.4, -0.2) is 47.7 Å². The van der Waals surface area contributed by atoms with E-state index in [4.69, 9.17) is 10.8 Å². The van der Waals surface area contributed by atoms with E-state index >= 15 is 0 Å². The van der Waals surface area contributed by atoms with Crippen LogP contribution in [0.3, 0.4) is 0 Å². The Morgan fingerprint density at radius 2 is 1.89 bits per heavy atom. The Labute approximate surface area is 108 Å². The van der Waals surface area contributed by atoms with Crippen LogP contribution in [0.4, 0.5) is 4.79 Å². The molecule has 0 radical (unpaired) electrons. The molecular formula is C12H23N3O3. The van der Waals surface area contributed by atoms with Crippen molar-refractivity contribution in [1.82, 2.24) is 10.2 Å². The van der Waals surface area contributed by atoms with E-state index in [2.05, 4.69) is 10.2 Å². The van der Waals surface area contributed by atoms with Crippen LogP contribution in [0, 0.1) is 0 Å². The maximum absolute atomic E-state index is 11.3. The van der Waals surface area contributed by atoms with Crippen LogP contribution < -0.4 is 11.1 Å². The lowest BCUT2D eigenvalue weighted by molar-refractivity contribution is -0.120. The summed E-state index contributed by atoms with van der Waals surface area (Å²) in [7, 11) is 0. The van der Waals surface area contributed by atoms with Crippen molar-refractivity contribution in [1.29, 1.82) is 0 Å². The molecule has 1 aliphatic rings. The smallest absolute Gasteiger partial charge is 0.318 e. The number of carbonyl (C=O) groups is 2. The number of imide groups is 1. The summed E-state index contributed by atoms with van der Waals surface area (Å²) in [4.78, 5) is 24.0. The van der Waals surface area contributed by atoms with E-state index in [-0.39, 0.29) is 18.9 Å². The van der Waals surface area contributed by atoms with E-state index in [1.54, 1.807) is 0 Å². The minimum Gasteiger partial charge on any atom is -0.395 e. The van der Waals surface area contributed by atoms with Crippen LogP contribution in [0.1, 0.15) is 38.5 Å². The van der Waals surface area contributed by atoms with Crippen molar-refractivity contribution in [3.05, 3.63) is 0 Å². The average Bonchev–Trinajstić information content (AvgIpc) is 2.34. The SMILES string of the molecule is NC(=O)NC(=O)CCN(CCO)C1CCCCC1. The molecular weight excluding hydrogens is 234 g/mol. The van der Waals surface area contributed by atoms with Crippen LogP contribution in [0.5, 0.6) is 0 Å². The zero-order valence-corrected chi connectivity index (χ0v) is 10.7. The third-order valence-corrected chi connectivity index (χ3v) is 3.37. The van der Waals surface area contributed by atoms with Crippen molar-refractivity contribution >= 4 is 11.9 Å². The van der Waals surface area contributed by atoms with Gasteiger partial charge in [0, 0.05) is 25.6 Å². The predicted octanol–water partition coefficient (Wildman–Crippen LogP) is 0.198. The fourth-order valence-corrected chi connectivity index (χ4v) is 2.50. The topological polar surface area (TPSA) is 95.7 Å². The first-order chi connectivity index (χ1) is 8.63. The second kappa shape index (κ2) is 8.05. The summed E-state index contributed by atoms with van der Waals surface area (Å²) in [5.74, 6) is -0.360. The number of nitrogens with one attached hydrogen (secondary N) is 1. The van der Waals surface area contributed by atoms with Gasteiger partial charge in [-0.05, 0) is 12.8 Å². The maximum atomic E-state index is 11.3. The van der Waals surface area contributed by atoms with Gasteiger partial charge in [0.1, 0.15) is 0 Å². The van der Waals surface area contributed by atoms with Gasteiger partial charge in [0.2, 0.25) is 5.91 Å². The Balaban J connectivity index is 2.36. The number of amides is 3. The highest BCUT2D eigenvalue weighted by molar-refractivity contribution is 5.93. The Morgan fingerprint density at radius 1 is 1.22 bits per heavy atom. The Bertz CT molecular complexity index is 278. The zero-order chi connectivity index (χ0) is 13.4. The van der Waals surface area contributed by atoms with Crippen molar-refractivity contribution < 1.29 is 14.7 Å². The summed E-state index contributed by atoms with van der Waals surface area (Å²) in [5, 5.41) is 11.1. The molecule has 18 heavy (non-hydrogen) atoms. The summed E-state index contributed by atoms with van der Waals surface area (Å²) in [6, 6.07) is -0.362. The minimum absolute atomic E-state index is 0.0912. The number of hydrogen-bond acceptors (Lipinski definition) is 4. The predicted molar refractivity (Wildman–Crippen MR) is 67.9 cm³/mol. The van der Waals surface area contributed by atoms with Crippen molar-refractivity contribution in [2.24, 2.45) is 5.73 Å². The van der Waals surface area contributed by atoms with E-state index in [0.717, 1.165) is 12.8 Å². The van der Waals surface area contributed by atoms with Crippen molar-refractivity contribution in [3.63, 3.8) is 0 Å². The van der Waals surface area contributed by atoms with Gasteiger partial charge in [-0.15, -0.1) is 0 Å². The van der Waals surface area contributed by atoms with E-state index in [9.17, 15) is 9.59 Å². The first kappa shape index (κ1) is 14.9. The number of nitrogens with zero attached hydrogens (tertiary/aromatic N) is 1. The Hall–Kier alpha value is -1.14. The zero-order valence-electron chi connectivity index (χ0n) is 10.7. The van der Waals surface area contributed by atoms with Gasteiger partial charge in [-0.25, -0.2) is 4.79 Å². The van der Waals surface area contributed by atoms with Gasteiger partial charge >= 0.3 is 6.03 Å². The first-order valence-electron chi connectivity index (χ1n) is 6.57. The molecule has 1 aliphatic carbocycles. The second-order valence-corrected chi connectivity index (χ2v) is 4.71. The van der Waals surface area contributed by atoms with E-state index in [1.165, 1.54) is 19.3 Å². The van der Waals surface area contributed by atoms with E-state index in [0.29, 0.717) is 19.1 Å². The van der Waals surface area contributed by atoms with E-state index < -0.39 is 6.03 Å². The highest BCUT2D eigenvalue weighted by Gasteiger charge is 2.21. The highest BCUT2D eigenvalue weighted by Crippen LogP contribution is 2.22. The molecule has 6 heteroatoms. The van der Waals surface area contributed by atoms with Crippen molar-refractivity contribution in [3.8, 4) is 0 Å². The van der Waals surface area contributed by atoms with Crippen LogP contribution in [0.25, 0.3) is 0 Å². The van der Waals surface area contributed by atoms with E-state index in [1.807, 2.05) is 0 Å². The number of aliphatic hydroxyl groups is 1. The largest absolute Gasteiger partial charge is 0.395 e. The van der Waals surface area contributed by atoms with Crippen molar-refractivity contribution in [2.75, 3.05) is 19.7 Å². The molecule has 0 aliphatic heterocycles. The van der Waals surface area contributed by atoms with Crippen LogP contribution in [-0.2, 0) is 4.79 Å². The summed E-state index contributed by atoms with van der Waals surface area (Å²) in [6.07, 6.45) is 6.17. The van der Waals surface area contributed by atoms with Gasteiger partial charge in [-0.3, -0.25) is 15.0 Å². The monoisotopic (exact) mass is 257 g/mol. The molecule has 1 rings (SSSR count). The molecule has 0 aromatic carbocycles. The molecule has 3 amide bonds. The third kappa shape index (κ3) is 5.46. The molecule has 104 valence electrons. The number of carbonyl (C=O) groups excluding carboxylic acids is 2. The Morgan fingerprint density at radius 3 is 2.44 bits per heavy atom. The summed E-state index contributed by atoms with van der Waals surface area (Å²) >= 11 is 0. The lowest BCUT2D eigenvalue weighted by Gasteiger charge is -2.33. The van der Waals surface area contributed by atoms with Gasteiger partial charge < -0.3 is 10.8 Å². The lowest BCUT2D eigenvalue weighted by atomic mass is 9.94. The molecule has 0 heterocycles. The minimum atomic E-state index is -0.814. The highest BCUT2D eigenvalue weighted by atomic mass is 16.3. The van der Waals surface area contributed by atoms with Gasteiger partial charge in [-0.2, -0.15) is 0 Å². The fourth-order valence-electron chi connectivity index (χ4n) is 2.50. The van der Waals surface area contributed by atoms with Crippen LogP contribution >= 0.6 is 0 Å². The summed E-state index contributed by atoms with van der Waals surface area (Å²) in [6.45, 7) is 1.23. The molecule has 0 aromatic rings. The number of primary amides is 1. The van der Waals surface area contributed by atoms with Gasteiger partial charge in [0.25, 0.3) is 0 Å². The first-order valence-corrected chi connectivity index (χ1v) is 6.57. The Kier molecular flexibility index (Phi) is 6.67. The molecule has 0 spiro atoms. The molecule has 0 unspecified atom stereocenters. The second-order valence-electron chi connectivity index (χ2n) is 4.71. The lowest BCUT2D eigenvalue weighted by Crippen LogP contribution is -2.42. The van der Waals surface area contributed by atoms with Crippen LogP contribution in [0.15, 0.2) is 0 Å². The summed E-state index contributed by atoms with van der Waals surface area (Å²) in [5.41, 5.74) is 4.88. The number of urea groups is 1. The van der Waals surface area contributed by atoms with Gasteiger partial charge in [0.05, 0.1) is 6.61 Å². The molecule has 6 nitrogen and oxygen atoms in total.